The Bertz CT molecular complexity index is 340. The molecule has 0 bridgehead atoms. The van der Waals surface area contributed by atoms with Crippen LogP contribution in [0.1, 0.15) is 40.0 Å². The van der Waals surface area contributed by atoms with Crippen molar-refractivity contribution in [1.29, 1.82) is 0 Å². The van der Waals surface area contributed by atoms with E-state index in [1.807, 2.05) is 20.8 Å². The van der Waals surface area contributed by atoms with Crippen molar-refractivity contribution in [2.45, 2.75) is 51.2 Å². The van der Waals surface area contributed by atoms with Crippen molar-refractivity contribution >= 4 is 12.0 Å². The zero-order chi connectivity index (χ0) is 14.7. The molecule has 1 saturated carbocycles. The predicted molar refractivity (Wildman–Crippen MR) is 71.1 cm³/mol. The summed E-state index contributed by atoms with van der Waals surface area (Å²) in [4.78, 5) is 24.3. The summed E-state index contributed by atoms with van der Waals surface area (Å²) in [6.45, 7) is 5.55. The van der Waals surface area contributed by atoms with Gasteiger partial charge in [-0.25, -0.2) is 4.79 Å². The highest BCUT2D eigenvalue weighted by Gasteiger charge is 2.38. The van der Waals surface area contributed by atoms with Gasteiger partial charge in [0.1, 0.15) is 6.54 Å². The van der Waals surface area contributed by atoms with E-state index in [4.69, 9.17) is 9.84 Å². The maximum atomic E-state index is 12.1. The topological polar surface area (TPSA) is 78.9 Å². The highest BCUT2D eigenvalue weighted by Crippen LogP contribution is 2.34. The molecule has 0 aromatic carbocycles. The molecule has 0 aromatic heterocycles. The van der Waals surface area contributed by atoms with Gasteiger partial charge >= 0.3 is 12.0 Å². The maximum Gasteiger partial charge on any atom is 0.323 e. The largest absolute Gasteiger partial charge is 0.480 e. The molecule has 1 aliphatic carbocycles. The summed E-state index contributed by atoms with van der Waals surface area (Å²) in [5, 5.41) is 11.7. The number of urea groups is 1. The quantitative estimate of drug-likeness (QED) is 0.794. The minimum atomic E-state index is -1.02. The second-order valence-electron chi connectivity index (χ2n) is 6.05. The molecule has 1 fully saturated rings. The van der Waals surface area contributed by atoms with E-state index in [1.165, 1.54) is 4.90 Å². The van der Waals surface area contributed by atoms with Crippen LogP contribution in [0.15, 0.2) is 0 Å². The summed E-state index contributed by atoms with van der Waals surface area (Å²) >= 11 is 0. The number of carbonyl (C=O) groups is 2. The third kappa shape index (κ3) is 4.09. The Labute approximate surface area is 114 Å². The molecule has 0 heterocycles. The van der Waals surface area contributed by atoms with Crippen molar-refractivity contribution in [2.24, 2.45) is 0 Å². The number of aliphatic carboxylic acids is 1. The van der Waals surface area contributed by atoms with Gasteiger partial charge in [-0.05, 0) is 40.0 Å². The van der Waals surface area contributed by atoms with Crippen LogP contribution in [0.4, 0.5) is 4.79 Å². The number of hydrogen-bond donors (Lipinski definition) is 2. The second-order valence-corrected chi connectivity index (χ2v) is 6.05. The fourth-order valence-corrected chi connectivity index (χ4v) is 2.11. The van der Waals surface area contributed by atoms with E-state index in [0.717, 1.165) is 19.3 Å². The van der Waals surface area contributed by atoms with Gasteiger partial charge in [0.15, 0.2) is 0 Å². The summed E-state index contributed by atoms with van der Waals surface area (Å²) in [5.41, 5.74) is -0.801. The zero-order valence-electron chi connectivity index (χ0n) is 12.2. The monoisotopic (exact) mass is 272 g/mol. The molecule has 0 aromatic rings. The van der Waals surface area contributed by atoms with Gasteiger partial charge in [0, 0.05) is 19.2 Å². The number of carboxylic acid groups (broad SMARTS) is 1. The number of nitrogens with zero attached hydrogens (tertiary/aromatic N) is 1. The van der Waals surface area contributed by atoms with Crippen LogP contribution in [-0.2, 0) is 9.53 Å². The maximum absolute atomic E-state index is 12.1. The smallest absolute Gasteiger partial charge is 0.323 e. The Morgan fingerprint density at radius 1 is 1.37 bits per heavy atom. The van der Waals surface area contributed by atoms with Gasteiger partial charge in [0.25, 0.3) is 0 Å². The highest BCUT2D eigenvalue weighted by molar-refractivity contribution is 5.80. The van der Waals surface area contributed by atoms with Crippen LogP contribution in [-0.4, -0.2) is 53.3 Å². The summed E-state index contributed by atoms with van der Waals surface area (Å²) in [7, 11) is 1.64. The lowest BCUT2D eigenvalue weighted by molar-refractivity contribution is -0.138. The van der Waals surface area contributed by atoms with Crippen molar-refractivity contribution in [3.8, 4) is 0 Å². The van der Waals surface area contributed by atoms with Crippen LogP contribution in [0, 0.1) is 0 Å². The van der Waals surface area contributed by atoms with Crippen LogP contribution < -0.4 is 5.32 Å². The van der Waals surface area contributed by atoms with Crippen LogP contribution in [0.3, 0.4) is 0 Å². The molecule has 0 radical (unpaired) electrons. The van der Waals surface area contributed by atoms with E-state index in [2.05, 4.69) is 5.32 Å². The first-order valence-electron chi connectivity index (χ1n) is 6.53. The lowest BCUT2D eigenvalue weighted by atomic mass is 9.80. The Balaban J connectivity index is 2.59. The van der Waals surface area contributed by atoms with Gasteiger partial charge in [0.05, 0.1) is 5.60 Å². The van der Waals surface area contributed by atoms with Crippen LogP contribution >= 0.6 is 0 Å². The lowest BCUT2D eigenvalue weighted by Crippen LogP contribution is -2.56. The molecule has 2 amide bonds. The molecule has 0 saturated heterocycles. The highest BCUT2D eigenvalue weighted by atomic mass is 16.5. The summed E-state index contributed by atoms with van der Waals surface area (Å²) in [6.07, 6.45) is 2.96. The number of rotatable bonds is 5. The van der Waals surface area contributed by atoms with Crippen molar-refractivity contribution in [3.63, 3.8) is 0 Å². The zero-order valence-corrected chi connectivity index (χ0v) is 12.2. The number of carboxylic acids is 1. The van der Waals surface area contributed by atoms with E-state index >= 15 is 0 Å². The molecule has 0 atom stereocenters. The number of amides is 2. The molecule has 1 aliphatic rings. The van der Waals surface area contributed by atoms with Gasteiger partial charge in [0.2, 0.25) is 0 Å². The van der Waals surface area contributed by atoms with Gasteiger partial charge in [-0.3, -0.25) is 4.79 Å². The van der Waals surface area contributed by atoms with Gasteiger partial charge in [-0.2, -0.15) is 0 Å². The Morgan fingerprint density at radius 3 is 2.26 bits per heavy atom. The fourth-order valence-electron chi connectivity index (χ4n) is 2.11. The van der Waals surface area contributed by atoms with Gasteiger partial charge in [-0.1, -0.05) is 0 Å². The van der Waals surface area contributed by atoms with Crippen molar-refractivity contribution < 1.29 is 19.4 Å². The van der Waals surface area contributed by atoms with Crippen molar-refractivity contribution in [3.05, 3.63) is 0 Å². The molecule has 6 heteroatoms. The summed E-state index contributed by atoms with van der Waals surface area (Å²) in [5.74, 6) is -1.02. The van der Waals surface area contributed by atoms with Crippen molar-refractivity contribution in [2.75, 3.05) is 20.2 Å². The Kier molecular flexibility index (Phi) is 4.79. The third-order valence-electron chi connectivity index (χ3n) is 3.61. The van der Waals surface area contributed by atoms with Gasteiger partial charge in [-0.15, -0.1) is 0 Å². The molecule has 6 nitrogen and oxygen atoms in total. The average Bonchev–Trinajstić information content (AvgIpc) is 2.23. The standard InChI is InChI=1S/C13H24N2O4/c1-12(2,3)15(8-10(16)17)11(18)14-9-13(19-4)6-5-7-13/h5-9H2,1-4H3,(H,14,18)(H,16,17). The third-order valence-corrected chi connectivity index (χ3v) is 3.61. The average molecular weight is 272 g/mol. The minimum absolute atomic E-state index is 0.261. The van der Waals surface area contributed by atoms with Crippen molar-refractivity contribution in [1.82, 2.24) is 10.2 Å². The Morgan fingerprint density at radius 2 is 1.95 bits per heavy atom. The number of ether oxygens (including phenoxy) is 1. The molecular formula is C13H24N2O4. The minimum Gasteiger partial charge on any atom is -0.480 e. The lowest BCUT2D eigenvalue weighted by Gasteiger charge is -2.42. The predicted octanol–water partition coefficient (Wildman–Crippen LogP) is 1.45. The first-order chi connectivity index (χ1) is 8.70. The molecule has 0 unspecified atom stereocenters. The molecule has 0 aliphatic heterocycles. The number of nitrogens with one attached hydrogen (secondary N) is 1. The molecular weight excluding hydrogens is 248 g/mol. The Hall–Kier alpha value is -1.30. The molecule has 2 N–H and O–H groups in total. The number of methoxy groups -OCH3 is 1. The van der Waals surface area contributed by atoms with E-state index in [1.54, 1.807) is 7.11 Å². The first kappa shape index (κ1) is 15.8. The first-order valence-corrected chi connectivity index (χ1v) is 6.53. The van der Waals surface area contributed by atoms with Crippen LogP contribution in [0.5, 0.6) is 0 Å². The SMILES string of the molecule is COC1(CNC(=O)N(CC(=O)O)C(C)(C)C)CCC1. The second kappa shape index (κ2) is 5.77. The van der Waals surface area contributed by atoms with E-state index in [-0.39, 0.29) is 18.2 Å². The number of hydrogen-bond acceptors (Lipinski definition) is 3. The summed E-state index contributed by atoms with van der Waals surface area (Å²) < 4.78 is 5.42. The van der Waals surface area contributed by atoms with Crippen LogP contribution in [0.25, 0.3) is 0 Å². The number of carbonyl (C=O) groups excluding carboxylic acids is 1. The molecule has 110 valence electrons. The molecule has 0 spiro atoms. The fraction of sp³-hybridized carbons (Fsp3) is 0.846. The van der Waals surface area contributed by atoms with Gasteiger partial charge < -0.3 is 20.1 Å². The molecule has 1 rings (SSSR count). The van der Waals surface area contributed by atoms with E-state index in [9.17, 15) is 9.59 Å². The molecule has 19 heavy (non-hydrogen) atoms. The normalized spacial score (nSPS) is 17.5. The van der Waals surface area contributed by atoms with E-state index in [0.29, 0.717) is 6.54 Å². The summed E-state index contributed by atoms with van der Waals surface area (Å²) in [6, 6.07) is -0.363. The van der Waals surface area contributed by atoms with E-state index < -0.39 is 11.5 Å². The van der Waals surface area contributed by atoms with Crippen LogP contribution in [0.2, 0.25) is 0 Å².